The lowest BCUT2D eigenvalue weighted by atomic mass is 10.3. The van der Waals surface area contributed by atoms with Crippen LogP contribution in [0.4, 0.5) is 0 Å². The van der Waals surface area contributed by atoms with E-state index in [9.17, 15) is 0 Å². The van der Waals surface area contributed by atoms with E-state index in [1.807, 2.05) is 19.9 Å². The molecular formula is C11H24ClN4+. The third kappa shape index (κ3) is 3.18. The molecule has 16 heavy (non-hydrogen) atoms. The second kappa shape index (κ2) is 6.57. The van der Waals surface area contributed by atoms with Gasteiger partial charge < -0.3 is 0 Å². The van der Waals surface area contributed by atoms with Crippen molar-refractivity contribution in [1.82, 2.24) is 15.5 Å². The second-order valence-electron chi connectivity index (χ2n) is 4.22. The Morgan fingerprint density at radius 1 is 1.44 bits per heavy atom. The zero-order valence-corrected chi connectivity index (χ0v) is 11.3. The Morgan fingerprint density at radius 3 is 2.88 bits per heavy atom. The highest BCUT2D eigenvalue weighted by Crippen LogP contribution is 2.16. The monoisotopic (exact) mass is 247 g/mol. The van der Waals surface area contributed by atoms with E-state index in [1.54, 1.807) is 5.54 Å². The standard InChI is InChI=1S/C9H18ClN4.C2H6/c1-9-12-7-14(4-2-3-10)6-11-5-13(9)8-14;1-2/h2-3,9,11-12H,4-8H2,1H3;1-2H3/q+1;/b3-2+;. The molecule has 2 bridgehead atoms. The van der Waals surface area contributed by atoms with Crippen LogP contribution < -0.4 is 10.6 Å². The molecule has 2 heterocycles. The Balaban J connectivity index is 0.000000606. The predicted molar refractivity (Wildman–Crippen MR) is 68.5 cm³/mol. The van der Waals surface area contributed by atoms with Crippen molar-refractivity contribution in [2.45, 2.75) is 26.9 Å². The number of halogens is 1. The van der Waals surface area contributed by atoms with Crippen LogP contribution in [0.15, 0.2) is 11.6 Å². The SMILES string of the molecule is CC.CC1NC[N+]2(C/C=C/Cl)CNCN1C2. The average Bonchev–Trinajstić information content (AvgIpc) is 2.35. The van der Waals surface area contributed by atoms with Crippen molar-refractivity contribution in [3.05, 3.63) is 11.6 Å². The predicted octanol–water partition coefficient (Wildman–Crippen LogP) is 1.27. The minimum atomic E-state index is 0.481. The summed E-state index contributed by atoms with van der Waals surface area (Å²) in [5.41, 5.74) is 1.62. The maximum Gasteiger partial charge on any atom is 0.139 e. The van der Waals surface area contributed by atoms with Crippen molar-refractivity contribution < 1.29 is 4.48 Å². The van der Waals surface area contributed by atoms with Crippen LogP contribution in [0.25, 0.3) is 0 Å². The zero-order valence-electron chi connectivity index (χ0n) is 10.5. The van der Waals surface area contributed by atoms with Crippen LogP contribution in [0, 0.1) is 0 Å². The Labute approximate surface area is 104 Å². The minimum Gasteiger partial charge on any atom is -0.283 e. The number of rotatable bonds is 2. The van der Waals surface area contributed by atoms with Crippen LogP contribution in [0.3, 0.4) is 0 Å². The second-order valence-corrected chi connectivity index (χ2v) is 4.47. The fourth-order valence-corrected chi connectivity index (χ4v) is 2.27. The van der Waals surface area contributed by atoms with E-state index in [1.165, 1.54) is 0 Å². The summed E-state index contributed by atoms with van der Waals surface area (Å²) in [5, 5.41) is 6.96. The zero-order chi connectivity index (χ0) is 12.0. The first-order chi connectivity index (χ1) is 7.76. The number of nitrogens with zero attached hydrogens (tertiary/aromatic N) is 2. The Bertz CT molecular complexity index is 234. The number of hydrogen-bond donors (Lipinski definition) is 2. The molecule has 2 aliphatic rings. The van der Waals surface area contributed by atoms with E-state index < -0.39 is 0 Å². The van der Waals surface area contributed by atoms with Gasteiger partial charge in [-0.15, -0.1) is 0 Å². The van der Waals surface area contributed by atoms with E-state index in [4.69, 9.17) is 11.6 Å². The smallest absolute Gasteiger partial charge is 0.139 e. The fraction of sp³-hybridized carbons (Fsp3) is 0.818. The van der Waals surface area contributed by atoms with Crippen molar-refractivity contribution in [2.24, 2.45) is 0 Å². The lowest BCUT2D eigenvalue weighted by molar-refractivity contribution is -0.950. The maximum atomic E-state index is 5.58. The molecule has 0 saturated carbocycles. The summed E-state index contributed by atoms with van der Waals surface area (Å²) in [4.78, 5) is 2.41. The number of quaternary nitrogens is 1. The van der Waals surface area contributed by atoms with Crippen LogP contribution >= 0.6 is 11.6 Å². The molecule has 2 N–H and O–H groups in total. The number of fused-ring (bicyclic) bond motifs is 2. The van der Waals surface area contributed by atoms with Crippen molar-refractivity contribution >= 4 is 11.6 Å². The summed E-state index contributed by atoms with van der Waals surface area (Å²) in [6, 6.07) is 0. The highest BCUT2D eigenvalue weighted by molar-refractivity contribution is 6.25. The molecule has 3 atom stereocenters. The quantitative estimate of drug-likeness (QED) is 0.720. The molecule has 0 radical (unpaired) electrons. The van der Waals surface area contributed by atoms with Crippen molar-refractivity contribution in [3.63, 3.8) is 0 Å². The Kier molecular flexibility index (Phi) is 5.72. The van der Waals surface area contributed by atoms with Gasteiger partial charge in [0, 0.05) is 5.54 Å². The van der Waals surface area contributed by atoms with Crippen LogP contribution in [0.5, 0.6) is 0 Å². The first-order valence-electron chi connectivity index (χ1n) is 6.04. The lowest BCUT2D eigenvalue weighted by Crippen LogP contribution is -2.74. The molecule has 2 aliphatic heterocycles. The molecule has 5 heteroatoms. The largest absolute Gasteiger partial charge is 0.283 e. The van der Waals surface area contributed by atoms with Crippen LogP contribution in [-0.4, -0.2) is 48.8 Å². The molecule has 0 amide bonds. The van der Waals surface area contributed by atoms with Gasteiger partial charge in [-0.05, 0) is 13.0 Å². The summed E-state index contributed by atoms with van der Waals surface area (Å²) >= 11 is 5.58. The first-order valence-corrected chi connectivity index (χ1v) is 6.48. The van der Waals surface area contributed by atoms with Crippen LogP contribution in [0.1, 0.15) is 20.8 Å². The lowest BCUT2D eigenvalue weighted by Gasteiger charge is -2.51. The summed E-state index contributed by atoms with van der Waals surface area (Å²) < 4.78 is 1.02. The molecule has 2 rings (SSSR count). The van der Waals surface area contributed by atoms with Gasteiger partial charge in [-0.1, -0.05) is 25.4 Å². The van der Waals surface area contributed by atoms with Crippen molar-refractivity contribution in [1.29, 1.82) is 0 Å². The van der Waals surface area contributed by atoms with Gasteiger partial charge in [0.05, 0.1) is 12.8 Å². The summed E-state index contributed by atoms with van der Waals surface area (Å²) in [6.45, 7) is 11.3. The van der Waals surface area contributed by atoms with Crippen molar-refractivity contribution in [2.75, 3.05) is 33.2 Å². The Hall–Kier alpha value is -0.130. The summed E-state index contributed by atoms with van der Waals surface area (Å²) in [5.74, 6) is 0. The molecule has 4 nitrogen and oxygen atoms in total. The van der Waals surface area contributed by atoms with Crippen LogP contribution in [-0.2, 0) is 0 Å². The maximum absolute atomic E-state index is 5.58. The third-order valence-corrected chi connectivity index (χ3v) is 3.27. The van der Waals surface area contributed by atoms with Gasteiger partial charge in [0.1, 0.15) is 26.6 Å². The molecule has 94 valence electrons. The molecule has 2 fully saturated rings. The topological polar surface area (TPSA) is 27.3 Å². The molecule has 0 spiro atoms. The van der Waals surface area contributed by atoms with Gasteiger partial charge in [-0.2, -0.15) is 0 Å². The molecular weight excluding hydrogens is 224 g/mol. The van der Waals surface area contributed by atoms with Crippen LogP contribution in [0.2, 0.25) is 0 Å². The fourth-order valence-electron chi connectivity index (χ4n) is 2.19. The van der Waals surface area contributed by atoms with Gasteiger partial charge in [0.25, 0.3) is 0 Å². The van der Waals surface area contributed by atoms with Crippen molar-refractivity contribution in [3.8, 4) is 0 Å². The number of nitrogens with one attached hydrogen (secondary N) is 2. The highest BCUT2D eigenvalue weighted by atomic mass is 35.5. The Morgan fingerprint density at radius 2 is 2.19 bits per heavy atom. The molecule has 3 unspecified atom stereocenters. The van der Waals surface area contributed by atoms with Gasteiger partial charge >= 0.3 is 0 Å². The summed E-state index contributed by atoms with van der Waals surface area (Å²) in [6.07, 6.45) is 2.51. The van der Waals surface area contributed by atoms with E-state index >= 15 is 0 Å². The van der Waals surface area contributed by atoms with Gasteiger partial charge in [-0.3, -0.25) is 15.1 Å². The van der Waals surface area contributed by atoms with E-state index in [-0.39, 0.29) is 0 Å². The van der Waals surface area contributed by atoms with Gasteiger partial charge in [-0.25, -0.2) is 4.90 Å². The van der Waals surface area contributed by atoms with Gasteiger partial charge in [0.2, 0.25) is 0 Å². The van der Waals surface area contributed by atoms with E-state index in [2.05, 4.69) is 22.5 Å². The molecule has 0 aliphatic carbocycles. The summed E-state index contributed by atoms with van der Waals surface area (Å²) in [7, 11) is 0. The highest BCUT2D eigenvalue weighted by Gasteiger charge is 2.38. The normalized spacial score (nSPS) is 38.0. The number of hydrogen-bond acceptors (Lipinski definition) is 3. The van der Waals surface area contributed by atoms with E-state index in [0.717, 1.165) is 37.7 Å². The molecule has 0 aromatic carbocycles. The third-order valence-electron chi connectivity index (χ3n) is 3.10. The minimum absolute atomic E-state index is 0.481. The van der Waals surface area contributed by atoms with E-state index in [0.29, 0.717) is 6.17 Å². The first kappa shape index (κ1) is 13.9. The molecule has 2 saturated heterocycles. The average molecular weight is 248 g/mol. The van der Waals surface area contributed by atoms with Gasteiger partial charge in [0.15, 0.2) is 0 Å². The molecule has 0 aromatic rings. The molecule has 0 aromatic heterocycles.